The van der Waals surface area contributed by atoms with Gasteiger partial charge in [0, 0.05) is 35.4 Å². The lowest BCUT2D eigenvalue weighted by molar-refractivity contribution is 0.0611. The first-order valence-electron chi connectivity index (χ1n) is 8.12. The van der Waals surface area contributed by atoms with Gasteiger partial charge in [-0.2, -0.15) is 0 Å². The second-order valence-electron chi connectivity index (χ2n) is 5.89. The highest BCUT2D eigenvalue weighted by Gasteiger charge is 2.30. The monoisotopic (exact) mass is 331 g/mol. The predicted octanol–water partition coefficient (Wildman–Crippen LogP) is 3.15. The highest BCUT2D eigenvalue weighted by Crippen LogP contribution is 2.33. The Kier molecular flexibility index (Phi) is 4.91. The molecule has 1 N–H and O–H groups in total. The lowest BCUT2D eigenvalue weighted by Gasteiger charge is -2.34. The van der Waals surface area contributed by atoms with Gasteiger partial charge in [0.1, 0.15) is 5.01 Å². The molecular weight excluding hydrogens is 310 g/mol. The van der Waals surface area contributed by atoms with E-state index >= 15 is 0 Å². The number of aryl methyl sites for hydroxylation is 1. The molecule has 2 aromatic rings. The Balaban J connectivity index is 1.90. The first-order chi connectivity index (χ1) is 11.2. The molecule has 122 valence electrons. The average molecular weight is 331 g/mol. The van der Waals surface area contributed by atoms with E-state index in [9.17, 15) is 9.59 Å². The molecule has 2 aromatic heterocycles. The summed E-state index contributed by atoms with van der Waals surface area (Å²) in [4.78, 5) is 33.9. The first-order valence-corrected chi connectivity index (χ1v) is 9.00. The molecule has 6 heteroatoms. The van der Waals surface area contributed by atoms with Crippen LogP contribution in [0.3, 0.4) is 0 Å². The molecular formula is C17H21N3O2S. The molecule has 1 aliphatic rings. The van der Waals surface area contributed by atoms with Crippen molar-refractivity contribution in [2.24, 2.45) is 0 Å². The maximum Gasteiger partial charge on any atom is 0.254 e. The van der Waals surface area contributed by atoms with E-state index < -0.39 is 0 Å². The zero-order valence-electron chi connectivity index (χ0n) is 13.2. The molecule has 1 unspecified atom stereocenters. The number of aromatic nitrogens is 2. The largest absolute Gasteiger partial charge is 0.329 e. The minimum absolute atomic E-state index is 0.0326. The van der Waals surface area contributed by atoms with Gasteiger partial charge >= 0.3 is 0 Å². The Bertz CT molecular complexity index is 724. The van der Waals surface area contributed by atoms with Gasteiger partial charge in [-0.25, -0.2) is 4.98 Å². The van der Waals surface area contributed by atoms with Gasteiger partial charge in [-0.3, -0.25) is 9.59 Å². The fraction of sp³-hybridized carbons (Fsp3) is 0.471. The average Bonchev–Trinajstić information content (AvgIpc) is 3.08. The van der Waals surface area contributed by atoms with Gasteiger partial charge in [0.2, 0.25) is 5.56 Å². The summed E-state index contributed by atoms with van der Waals surface area (Å²) >= 11 is 1.59. The second kappa shape index (κ2) is 7.08. The van der Waals surface area contributed by atoms with E-state index in [0.29, 0.717) is 5.56 Å². The molecule has 1 fully saturated rings. The van der Waals surface area contributed by atoms with Crippen molar-refractivity contribution in [1.82, 2.24) is 14.9 Å². The third kappa shape index (κ3) is 3.52. The number of pyridine rings is 1. The van der Waals surface area contributed by atoms with Crippen LogP contribution >= 0.6 is 11.3 Å². The topological polar surface area (TPSA) is 66.1 Å². The van der Waals surface area contributed by atoms with Crippen LogP contribution in [0.5, 0.6) is 0 Å². The van der Waals surface area contributed by atoms with Crippen LogP contribution < -0.4 is 5.56 Å². The van der Waals surface area contributed by atoms with Gasteiger partial charge in [0.05, 0.1) is 6.04 Å². The number of nitrogens with one attached hydrogen (secondary N) is 1. The predicted molar refractivity (Wildman–Crippen MR) is 90.8 cm³/mol. The summed E-state index contributed by atoms with van der Waals surface area (Å²) in [5.41, 5.74) is 1.11. The molecule has 0 aromatic carbocycles. The Labute approximate surface area is 139 Å². The first kappa shape index (κ1) is 15.9. The summed E-state index contributed by atoms with van der Waals surface area (Å²) in [7, 11) is 0. The fourth-order valence-electron chi connectivity index (χ4n) is 3.12. The molecule has 1 aliphatic heterocycles. The number of amides is 1. The van der Waals surface area contributed by atoms with E-state index in [4.69, 9.17) is 0 Å². The van der Waals surface area contributed by atoms with Gasteiger partial charge in [-0.05, 0) is 31.7 Å². The minimum atomic E-state index is -0.206. The van der Waals surface area contributed by atoms with Crippen LogP contribution in [-0.2, 0) is 6.42 Å². The Morgan fingerprint density at radius 2 is 2.30 bits per heavy atom. The van der Waals surface area contributed by atoms with Gasteiger partial charge in [0.15, 0.2) is 0 Å². The third-order valence-electron chi connectivity index (χ3n) is 4.17. The standard InChI is InChI=1S/C17H21N3O2S/c1-2-5-13-10-12(11-15(21)19-13)17(22)20-8-4-3-6-14(20)16-18-7-9-23-16/h7,9-11,14H,2-6,8H2,1H3,(H,19,21). The highest BCUT2D eigenvalue weighted by atomic mass is 32.1. The fourth-order valence-corrected chi connectivity index (χ4v) is 3.91. The van der Waals surface area contributed by atoms with Gasteiger partial charge in [-0.1, -0.05) is 13.3 Å². The van der Waals surface area contributed by atoms with Crippen molar-refractivity contribution in [3.05, 3.63) is 50.3 Å². The molecule has 3 rings (SSSR count). The molecule has 0 bridgehead atoms. The van der Waals surface area contributed by atoms with Crippen LogP contribution in [0.15, 0.2) is 28.5 Å². The molecule has 0 aliphatic carbocycles. The second-order valence-corrected chi connectivity index (χ2v) is 6.82. The minimum Gasteiger partial charge on any atom is -0.329 e. The summed E-state index contributed by atoms with van der Waals surface area (Å²) in [5, 5.41) is 2.93. The zero-order chi connectivity index (χ0) is 16.2. The number of nitrogens with zero attached hydrogens (tertiary/aromatic N) is 2. The van der Waals surface area contributed by atoms with E-state index in [-0.39, 0.29) is 17.5 Å². The van der Waals surface area contributed by atoms with Crippen molar-refractivity contribution in [1.29, 1.82) is 0 Å². The summed E-state index contributed by atoms with van der Waals surface area (Å²) in [6, 6.07) is 3.26. The molecule has 0 radical (unpaired) electrons. The lowest BCUT2D eigenvalue weighted by Crippen LogP contribution is -2.39. The van der Waals surface area contributed by atoms with Gasteiger partial charge in [-0.15, -0.1) is 11.3 Å². The Morgan fingerprint density at radius 1 is 1.43 bits per heavy atom. The normalized spacial score (nSPS) is 18.1. The number of hydrogen-bond donors (Lipinski definition) is 1. The van der Waals surface area contributed by atoms with Crippen LogP contribution in [0.1, 0.15) is 59.7 Å². The number of piperidine rings is 1. The number of thiazole rings is 1. The molecule has 3 heterocycles. The SMILES string of the molecule is CCCc1cc(C(=O)N2CCCCC2c2nccs2)cc(=O)[nH]1. The van der Waals surface area contributed by atoms with E-state index in [1.165, 1.54) is 6.07 Å². The number of hydrogen-bond acceptors (Lipinski definition) is 4. The van der Waals surface area contributed by atoms with Gasteiger partial charge in [0.25, 0.3) is 5.91 Å². The quantitative estimate of drug-likeness (QED) is 0.936. The highest BCUT2D eigenvalue weighted by molar-refractivity contribution is 7.09. The van der Waals surface area contributed by atoms with Crippen LogP contribution in [0, 0.1) is 0 Å². The number of rotatable bonds is 4. The van der Waals surface area contributed by atoms with Crippen LogP contribution in [-0.4, -0.2) is 27.3 Å². The summed E-state index contributed by atoms with van der Waals surface area (Å²) in [6.45, 7) is 2.77. The zero-order valence-corrected chi connectivity index (χ0v) is 14.1. The number of carbonyl (C=O) groups is 1. The number of likely N-dealkylation sites (tertiary alicyclic amines) is 1. The number of aromatic amines is 1. The summed E-state index contributed by atoms with van der Waals surface area (Å²) in [6.07, 6.45) is 6.52. The smallest absolute Gasteiger partial charge is 0.254 e. The van der Waals surface area contributed by atoms with Crippen LogP contribution in [0.4, 0.5) is 0 Å². The van der Waals surface area contributed by atoms with E-state index in [1.807, 2.05) is 16.3 Å². The van der Waals surface area contributed by atoms with Crippen molar-refractivity contribution < 1.29 is 4.79 Å². The van der Waals surface area contributed by atoms with Crippen molar-refractivity contribution >= 4 is 17.2 Å². The Morgan fingerprint density at radius 3 is 3.04 bits per heavy atom. The van der Waals surface area contributed by atoms with Crippen molar-refractivity contribution in [3.8, 4) is 0 Å². The molecule has 1 saturated heterocycles. The molecule has 0 saturated carbocycles. The number of carbonyl (C=O) groups excluding carboxylic acids is 1. The van der Waals surface area contributed by atoms with E-state index in [2.05, 4.69) is 16.9 Å². The molecule has 23 heavy (non-hydrogen) atoms. The maximum absolute atomic E-state index is 13.0. The molecule has 5 nitrogen and oxygen atoms in total. The maximum atomic E-state index is 13.0. The lowest BCUT2D eigenvalue weighted by atomic mass is 10.0. The molecule has 0 spiro atoms. The van der Waals surface area contributed by atoms with Crippen molar-refractivity contribution in [3.63, 3.8) is 0 Å². The van der Waals surface area contributed by atoms with Crippen molar-refractivity contribution in [2.45, 2.75) is 45.1 Å². The van der Waals surface area contributed by atoms with E-state index in [1.54, 1.807) is 17.5 Å². The van der Waals surface area contributed by atoms with Crippen molar-refractivity contribution in [2.75, 3.05) is 6.54 Å². The van der Waals surface area contributed by atoms with Crippen LogP contribution in [0.2, 0.25) is 0 Å². The molecule has 1 atom stereocenters. The Hall–Kier alpha value is -1.95. The molecule has 1 amide bonds. The van der Waals surface area contributed by atoms with Gasteiger partial charge < -0.3 is 9.88 Å². The third-order valence-corrected chi connectivity index (χ3v) is 5.04. The summed E-state index contributed by atoms with van der Waals surface area (Å²) in [5.74, 6) is -0.0617. The van der Waals surface area contributed by atoms with Crippen LogP contribution in [0.25, 0.3) is 0 Å². The number of H-pyrrole nitrogens is 1. The van der Waals surface area contributed by atoms with E-state index in [0.717, 1.165) is 49.4 Å². The summed E-state index contributed by atoms with van der Waals surface area (Å²) < 4.78 is 0.